The monoisotopic (exact) mass is 380 g/mol. The van der Waals surface area contributed by atoms with Crippen molar-refractivity contribution >= 4 is 11.8 Å². The molecule has 1 aromatic heterocycles. The van der Waals surface area contributed by atoms with Gasteiger partial charge in [-0.2, -0.15) is 0 Å². The van der Waals surface area contributed by atoms with Crippen LogP contribution in [0.4, 0.5) is 0 Å². The van der Waals surface area contributed by atoms with Gasteiger partial charge < -0.3 is 13.9 Å². The van der Waals surface area contributed by atoms with Crippen LogP contribution in [-0.4, -0.2) is 18.9 Å². The maximum Gasteiger partial charge on any atom is 0.305 e. The standard InChI is InChI=1S/C21H20N2O5/c1-26-17-9-7-15(8-10-17)13-19(24)22-23-21(25)20-16(11-12-27-20)14-28-18-5-3-2-4-6-18/h2-12H,13-14H2,1H3,(H,22,24)(H,23,25). The molecule has 28 heavy (non-hydrogen) atoms. The molecule has 0 aliphatic carbocycles. The smallest absolute Gasteiger partial charge is 0.305 e. The highest BCUT2D eigenvalue weighted by Crippen LogP contribution is 2.16. The average Bonchev–Trinajstić information content (AvgIpc) is 3.20. The maximum absolute atomic E-state index is 12.3. The molecule has 0 atom stereocenters. The predicted molar refractivity (Wildman–Crippen MR) is 102 cm³/mol. The third-order valence-electron chi connectivity index (χ3n) is 3.93. The lowest BCUT2D eigenvalue weighted by atomic mass is 10.1. The molecular formula is C21H20N2O5. The predicted octanol–water partition coefficient (Wildman–Crippen LogP) is 2.87. The summed E-state index contributed by atoms with van der Waals surface area (Å²) >= 11 is 0. The highest BCUT2D eigenvalue weighted by molar-refractivity contribution is 5.94. The fraction of sp³-hybridized carbons (Fsp3) is 0.143. The van der Waals surface area contributed by atoms with Gasteiger partial charge >= 0.3 is 5.91 Å². The van der Waals surface area contributed by atoms with E-state index in [0.29, 0.717) is 17.1 Å². The molecule has 0 saturated heterocycles. The van der Waals surface area contributed by atoms with Crippen LogP contribution in [0, 0.1) is 0 Å². The molecule has 2 N–H and O–H groups in total. The zero-order valence-corrected chi connectivity index (χ0v) is 15.3. The number of methoxy groups -OCH3 is 1. The molecule has 144 valence electrons. The van der Waals surface area contributed by atoms with Crippen LogP contribution in [0.25, 0.3) is 0 Å². The highest BCUT2D eigenvalue weighted by Gasteiger charge is 2.16. The third kappa shape index (κ3) is 5.14. The summed E-state index contributed by atoms with van der Waals surface area (Å²) in [5.41, 5.74) is 6.10. The van der Waals surface area contributed by atoms with Gasteiger partial charge in [0.1, 0.15) is 18.1 Å². The van der Waals surface area contributed by atoms with Gasteiger partial charge in [-0.1, -0.05) is 30.3 Å². The zero-order chi connectivity index (χ0) is 19.8. The van der Waals surface area contributed by atoms with Gasteiger partial charge in [-0.15, -0.1) is 0 Å². The van der Waals surface area contributed by atoms with Crippen LogP contribution in [0.1, 0.15) is 21.7 Å². The van der Waals surface area contributed by atoms with Gasteiger partial charge in [0, 0.05) is 5.56 Å². The Labute approximate surface area is 162 Å². The molecule has 3 rings (SSSR count). The molecular weight excluding hydrogens is 360 g/mol. The van der Waals surface area contributed by atoms with Gasteiger partial charge in [0.05, 0.1) is 19.8 Å². The van der Waals surface area contributed by atoms with Gasteiger partial charge in [0.2, 0.25) is 5.91 Å². The van der Waals surface area contributed by atoms with Crippen molar-refractivity contribution in [2.75, 3.05) is 7.11 Å². The number of carbonyl (C=O) groups excluding carboxylic acids is 2. The minimum Gasteiger partial charge on any atom is -0.497 e. The van der Waals surface area contributed by atoms with Crippen molar-refractivity contribution in [1.82, 2.24) is 10.9 Å². The number of hydrogen-bond donors (Lipinski definition) is 2. The van der Waals surface area contributed by atoms with Crippen LogP contribution in [0.3, 0.4) is 0 Å². The molecule has 2 aromatic carbocycles. The van der Waals surface area contributed by atoms with Crippen LogP contribution in [0.5, 0.6) is 11.5 Å². The molecule has 3 aromatic rings. The highest BCUT2D eigenvalue weighted by atomic mass is 16.5. The van der Waals surface area contributed by atoms with Crippen LogP contribution in [-0.2, 0) is 17.8 Å². The van der Waals surface area contributed by atoms with E-state index in [1.807, 2.05) is 30.3 Å². The first kappa shape index (κ1) is 19.0. The molecule has 1 heterocycles. The Morgan fingerprint density at radius 2 is 1.68 bits per heavy atom. The largest absolute Gasteiger partial charge is 0.497 e. The van der Waals surface area contributed by atoms with Crippen LogP contribution < -0.4 is 20.3 Å². The van der Waals surface area contributed by atoms with E-state index in [2.05, 4.69) is 10.9 Å². The molecule has 0 bridgehead atoms. The number of para-hydroxylation sites is 1. The van der Waals surface area contributed by atoms with E-state index in [4.69, 9.17) is 13.9 Å². The Morgan fingerprint density at radius 3 is 2.39 bits per heavy atom. The molecule has 0 unspecified atom stereocenters. The summed E-state index contributed by atoms with van der Waals surface area (Å²) in [7, 11) is 1.57. The summed E-state index contributed by atoms with van der Waals surface area (Å²) in [6.07, 6.45) is 1.52. The first-order chi connectivity index (χ1) is 13.7. The van der Waals surface area contributed by atoms with Gasteiger partial charge in [-0.3, -0.25) is 20.4 Å². The Kier molecular flexibility index (Phi) is 6.30. The SMILES string of the molecule is COc1ccc(CC(=O)NNC(=O)c2occc2COc2ccccc2)cc1. The van der Waals surface area contributed by atoms with E-state index in [1.54, 1.807) is 37.4 Å². The lowest BCUT2D eigenvalue weighted by Crippen LogP contribution is -2.42. The van der Waals surface area contributed by atoms with E-state index >= 15 is 0 Å². The van der Waals surface area contributed by atoms with Crippen LogP contribution in [0.2, 0.25) is 0 Å². The number of rotatable bonds is 7. The second kappa shape index (κ2) is 9.27. The van der Waals surface area contributed by atoms with Gasteiger partial charge in [0.15, 0.2) is 5.76 Å². The summed E-state index contributed by atoms with van der Waals surface area (Å²) < 4.78 is 15.9. The van der Waals surface area contributed by atoms with E-state index in [1.165, 1.54) is 6.26 Å². The van der Waals surface area contributed by atoms with Crippen LogP contribution in [0.15, 0.2) is 71.3 Å². The van der Waals surface area contributed by atoms with E-state index in [9.17, 15) is 9.59 Å². The van der Waals surface area contributed by atoms with E-state index < -0.39 is 5.91 Å². The number of hydrogen-bond acceptors (Lipinski definition) is 5. The Morgan fingerprint density at radius 1 is 0.929 bits per heavy atom. The Balaban J connectivity index is 1.50. The second-order valence-corrected chi connectivity index (χ2v) is 5.90. The molecule has 0 saturated carbocycles. The van der Waals surface area contributed by atoms with Crippen molar-refractivity contribution in [2.24, 2.45) is 0 Å². The molecule has 7 heteroatoms. The molecule has 0 radical (unpaired) electrons. The van der Waals surface area contributed by atoms with Crippen molar-refractivity contribution in [2.45, 2.75) is 13.0 Å². The average molecular weight is 380 g/mol. The number of nitrogens with one attached hydrogen (secondary N) is 2. The lowest BCUT2D eigenvalue weighted by Gasteiger charge is -2.09. The van der Waals surface area contributed by atoms with Crippen LogP contribution >= 0.6 is 0 Å². The number of benzene rings is 2. The molecule has 0 spiro atoms. The number of ether oxygens (including phenoxy) is 2. The van der Waals surface area contributed by atoms with Gasteiger partial charge in [-0.05, 0) is 35.9 Å². The number of hydrazine groups is 1. The summed E-state index contributed by atoms with van der Waals surface area (Å²) in [6.45, 7) is 0.170. The normalized spacial score (nSPS) is 10.2. The zero-order valence-electron chi connectivity index (χ0n) is 15.3. The van der Waals surface area contributed by atoms with E-state index in [0.717, 1.165) is 5.56 Å². The van der Waals surface area contributed by atoms with Gasteiger partial charge in [-0.25, -0.2) is 0 Å². The quantitative estimate of drug-likeness (QED) is 0.615. The van der Waals surface area contributed by atoms with Crippen molar-refractivity contribution in [3.8, 4) is 11.5 Å². The third-order valence-corrected chi connectivity index (χ3v) is 3.93. The van der Waals surface area contributed by atoms with Crippen molar-refractivity contribution in [3.05, 3.63) is 83.8 Å². The van der Waals surface area contributed by atoms with Crippen molar-refractivity contribution < 1.29 is 23.5 Å². The number of amides is 2. The minimum absolute atomic E-state index is 0.0840. The summed E-state index contributed by atoms with van der Waals surface area (Å²) in [5.74, 6) is 0.566. The molecule has 2 amide bonds. The Hall–Kier alpha value is -3.74. The topological polar surface area (TPSA) is 89.8 Å². The molecule has 0 aliphatic heterocycles. The summed E-state index contributed by atoms with van der Waals surface area (Å²) in [5, 5.41) is 0. The lowest BCUT2D eigenvalue weighted by molar-refractivity contribution is -0.121. The second-order valence-electron chi connectivity index (χ2n) is 5.90. The van der Waals surface area contributed by atoms with Gasteiger partial charge in [0.25, 0.3) is 0 Å². The number of furan rings is 1. The molecule has 7 nitrogen and oxygen atoms in total. The van der Waals surface area contributed by atoms with Crippen molar-refractivity contribution in [1.29, 1.82) is 0 Å². The fourth-order valence-electron chi connectivity index (χ4n) is 2.48. The first-order valence-corrected chi connectivity index (χ1v) is 8.62. The first-order valence-electron chi connectivity index (χ1n) is 8.62. The minimum atomic E-state index is -0.556. The Bertz CT molecular complexity index is 919. The van der Waals surface area contributed by atoms with E-state index in [-0.39, 0.29) is 24.7 Å². The fourth-order valence-corrected chi connectivity index (χ4v) is 2.48. The maximum atomic E-state index is 12.3. The summed E-state index contributed by atoms with van der Waals surface area (Å²) in [4.78, 5) is 24.3. The summed E-state index contributed by atoms with van der Waals surface area (Å²) in [6, 6.07) is 18.0. The number of carbonyl (C=O) groups is 2. The van der Waals surface area contributed by atoms with Crippen molar-refractivity contribution in [3.63, 3.8) is 0 Å². The molecule has 0 aliphatic rings. The molecule has 0 fully saturated rings.